The van der Waals surface area contributed by atoms with Crippen LogP contribution in [0.25, 0.3) is 83.0 Å². The Labute approximate surface area is 241 Å². The van der Waals surface area contributed by atoms with Crippen LogP contribution >= 0.6 is 0 Å². The minimum Gasteiger partial charge on any atom is -0.437 e. The maximum absolute atomic E-state index is 6.38. The van der Waals surface area contributed by atoms with Crippen molar-refractivity contribution < 1.29 is 4.42 Å². The molecule has 9 rings (SSSR count). The molecular weight excluding hydrogens is 514 g/mol. The zero-order valence-electron chi connectivity index (χ0n) is 22.5. The average molecular weight is 538 g/mol. The molecule has 0 aliphatic heterocycles. The molecule has 0 aliphatic carbocycles. The largest absolute Gasteiger partial charge is 0.437 e. The van der Waals surface area contributed by atoms with Crippen molar-refractivity contribution in [3.05, 3.63) is 140 Å². The van der Waals surface area contributed by atoms with Crippen LogP contribution in [0.3, 0.4) is 0 Å². The highest BCUT2D eigenvalue weighted by Crippen LogP contribution is 2.38. The van der Waals surface area contributed by atoms with Gasteiger partial charge in [0.1, 0.15) is 5.58 Å². The molecule has 3 aromatic heterocycles. The van der Waals surface area contributed by atoms with Gasteiger partial charge in [0.25, 0.3) is 0 Å². The molecule has 0 aliphatic rings. The van der Waals surface area contributed by atoms with Gasteiger partial charge in [-0.2, -0.15) is 4.98 Å². The monoisotopic (exact) mass is 537 g/mol. The van der Waals surface area contributed by atoms with Gasteiger partial charge in [-0.25, -0.2) is 4.98 Å². The summed E-state index contributed by atoms with van der Waals surface area (Å²) in [6, 6.07) is 48.6. The molecule has 0 N–H and O–H groups in total. The summed E-state index contributed by atoms with van der Waals surface area (Å²) in [6.45, 7) is 0. The molecule has 0 saturated heterocycles. The first kappa shape index (κ1) is 23.0. The second-order valence-electron chi connectivity index (χ2n) is 10.7. The Morgan fingerprint density at radius 2 is 1.12 bits per heavy atom. The molecule has 9 aromatic rings. The highest BCUT2D eigenvalue weighted by molar-refractivity contribution is 6.14. The van der Waals surface area contributed by atoms with E-state index in [2.05, 4.69) is 120 Å². The van der Waals surface area contributed by atoms with Crippen molar-refractivity contribution in [1.29, 1.82) is 0 Å². The Kier molecular flexibility index (Phi) is 4.87. The van der Waals surface area contributed by atoms with Crippen LogP contribution in [0.4, 0.5) is 0 Å². The van der Waals surface area contributed by atoms with Crippen molar-refractivity contribution in [1.82, 2.24) is 14.5 Å². The van der Waals surface area contributed by atoms with Crippen molar-refractivity contribution >= 4 is 54.6 Å². The molecule has 0 amide bonds. The van der Waals surface area contributed by atoms with Crippen molar-refractivity contribution in [3.63, 3.8) is 0 Å². The number of rotatable bonds is 3. The molecule has 6 aromatic carbocycles. The fourth-order valence-electron chi connectivity index (χ4n) is 6.24. The first-order chi connectivity index (χ1) is 20.8. The lowest BCUT2D eigenvalue weighted by atomic mass is 10.0. The highest BCUT2D eigenvalue weighted by atomic mass is 16.3. The van der Waals surface area contributed by atoms with E-state index >= 15 is 0 Å². The van der Waals surface area contributed by atoms with E-state index in [0.29, 0.717) is 11.7 Å². The summed E-state index contributed by atoms with van der Waals surface area (Å²) < 4.78 is 8.55. The molecule has 4 nitrogen and oxygen atoms in total. The van der Waals surface area contributed by atoms with Gasteiger partial charge in [0.05, 0.1) is 22.1 Å². The molecule has 0 bridgehead atoms. The quantitative estimate of drug-likeness (QED) is 0.225. The van der Waals surface area contributed by atoms with Gasteiger partial charge < -0.3 is 4.42 Å². The predicted molar refractivity (Wildman–Crippen MR) is 172 cm³/mol. The number of nitrogens with zero attached hydrogens (tertiary/aromatic N) is 3. The number of aromatic nitrogens is 3. The van der Waals surface area contributed by atoms with Crippen LogP contribution in [0.1, 0.15) is 0 Å². The molecule has 0 fully saturated rings. The van der Waals surface area contributed by atoms with Gasteiger partial charge in [0, 0.05) is 21.7 Å². The van der Waals surface area contributed by atoms with E-state index in [9.17, 15) is 0 Å². The van der Waals surface area contributed by atoms with Crippen LogP contribution in [0.2, 0.25) is 0 Å². The van der Waals surface area contributed by atoms with Crippen molar-refractivity contribution in [2.24, 2.45) is 0 Å². The number of hydrogen-bond acceptors (Lipinski definition) is 3. The minimum atomic E-state index is 0.579. The highest BCUT2D eigenvalue weighted by Gasteiger charge is 2.21. The van der Waals surface area contributed by atoms with E-state index in [4.69, 9.17) is 14.4 Å². The summed E-state index contributed by atoms with van der Waals surface area (Å²) in [5, 5.41) is 6.66. The SMILES string of the molecule is c1ccc(-c2ccc(-c3nc(-n4c5ccccc5c5cc6ccccc6cc54)nc4oc5ccccc5c34)cc2)cc1. The number of hydrogen-bond donors (Lipinski definition) is 0. The summed E-state index contributed by atoms with van der Waals surface area (Å²) in [4.78, 5) is 10.4. The first-order valence-corrected chi connectivity index (χ1v) is 14.1. The van der Waals surface area contributed by atoms with Gasteiger partial charge >= 0.3 is 0 Å². The Bertz CT molecular complexity index is 2450. The number of fused-ring (bicyclic) bond motifs is 7. The summed E-state index contributed by atoms with van der Waals surface area (Å²) in [5.41, 5.74) is 7.72. The van der Waals surface area contributed by atoms with Gasteiger partial charge in [0.15, 0.2) is 0 Å². The van der Waals surface area contributed by atoms with Gasteiger partial charge in [0.2, 0.25) is 11.7 Å². The topological polar surface area (TPSA) is 43.9 Å². The molecule has 196 valence electrons. The lowest BCUT2D eigenvalue weighted by Gasteiger charge is -2.10. The van der Waals surface area contributed by atoms with E-state index in [1.807, 2.05) is 24.3 Å². The summed E-state index contributed by atoms with van der Waals surface area (Å²) >= 11 is 0. The van der Waals surface area contributed by atoms with Crippen LogP contribution in [0, 0.1) is 0 Å². The van der Waals surface area contributed by atoms with Crippen LogP contribution < -0.4 is 0 Å². The van der Waals surface area contributed by atoms with E-state index in [1.54, 1.807) is 0 Å². The second-order valence-corrected chi connectivity index (χ2v) is 10.7. The molecular formula is C38H23N3O. The van der Waals surface area contributed by atoms with Crippen molar-refractivity contribution in [3.8, 4) is 28.3 Å². The summed E-state index contributed by atoms with van der Waals surface area (Å²) in [5.74, 6) is 0.588. The summed E-state index contributed by atoms with van der Waals surface area (Å²) in [6.07, 6.45) is 0. The molecule has 0 radical (unpaired) electrons. The number of furan rings is 1. The van der Waals surface area contributed by atoms with Gasteiger partial charge in [-0.1, -0.05) is 115 Å². The van der Waals surface area contributed by atoms with E-state index in [0.717, 1.165) is 44.2 Å². The zero-order chi connectivity index (χ0) is 27.6. The summed E-state index contributed by atoms with van der Waals surface area (Å²) in [7, 11) is 0. The smallest absolute Gasteiger partial charge is 0.238 e. The Morgan fingerprint density at radius 1 is 0.476 bits per heavy atom. The third kappa shape index (κ3) is 3.42. The molecule has 0 unspecified atom stereocenters. The fraction of sp³-hybridized carbons (Fsp3) is 0. The van der Waals surface area contributed by atoms with Gasteiger partial charge in [-0.15, -0.1) is 0 Å². The Morgan fingerprint density at radius 3 is 1.95 bits per heavy atom. The van der Waals surface area contributed by atoms with Crippen molar-refractivity contribution in [2.45, 2.75) is 0 Å². The Hall–Kier alpha value is -5.74. The maximum Gasteiger partial charge on any atom is 0.238 e. The lowest BCUT2D eigenvalue weighted by molar-refractivity contribution is 0.651. The molecule has 4 heteroatoms. The predicted octanol–water partition coefficient (Wildman–Crippen LogP) is 9.96. The average Bonchev–Trinajstić information content (AvgIpc) is 3.59. The Balaban J connectivity index is 1.35. The standard InChI is InChI=1S/C38H23N3O/c1-2-10-24(11-3-1)25-18-20-26(21-19-25)36-35-30-15-7-9-17-34(30)42-37(35)40-38(39-36)41-32-16-8-6-14-29(32)31-22-27-12-4-5-13-28(27)23-33(31)41/h1-23H. The van der Waals surface area contributed by atoms with Crippen molar-refractivity contribution in [2.75, 3.05) is 0 Å². The van der Waals surface area contributed by atoms with Gasteiger partial charge in [-0.05, 0) is 46.2 Å². The third-order valence-corrected chi connectivity index (χ3v) is 8.23. The first-order valence-electron chi connectivity index (χ1n) is 14.1. The van der Waals surface area contributed by atoms with Crippen LogP contribution in [0.15, 0.2) is 144 Å². The fourth-order valence-corrected chi connectivity index (χ4v) is 6.24. The second kappa shape index (κ2) is 8.88. The molecule has 3 heterocycles. The van der Waals surface area contributed by atoms with E-state index in [1.165, 1.54) is 27.1 Å². The maximum atomic E-state index is 6.38. The van der Waals surface area contributed by atoms with E-state index in [-0.39, 0.29) is 0 Å². The zero-order valence-corrected chi connectivity index (χ0v) is 22.5. The molecule has 0 spiro atoms. The lowest BCUT2D eigenvalue weighted by Crippen LogP contribution is -2.02. The molecule has 42 heavy (non-hydrogen) atoms. The van der Waals surface area contributed by atoms with Crippen LogP contribution in [0.5, 0.6) is 0 Å². The van der Waals surface area contributed by atoms with E-state index < -0.39 is 0 Å². The number of benzene rings is 6. The minimum absolute atomic E-state index is 0.579. The normalized spacial score (nSPS) is 11.8. The third-order valence-electron chi connectivity index (χ3n) is 8.23. The van der Waals surface area contributed by atoms with Gasteiger partial charge in [-0.3, -0.25) is 4.57 Å². The molecule has 0 saturated carbocycles. The molecule has 0 atom stereocenters. The van der Waals surface area contributed by atoms with Crippen LogP contribution in [-0.4, -0.2) is 14.5 Å². The number of para-hydroxylation sites is 2. The van der Waals surface area contributed by atoms with Crippen LogP contribution in [-0.2, 0) is 0 Å².